The van der Waals surface area contributed by atoms with Crippen molar-refractivity contribution in [2.24, 2.45) is 11.8 Å². The number of methoxy groups -OCH3 is 3. The molecule has 3 heterocycles. The maximum Gasteiger partial charge on any atom is 0.338 e. The van der Waals surface area contributed by atoms with E-state index < -0.39 is 35.9 Å². The molecule has 9 nitrogen and oxygen atoms in total. The largest absolute Gasteiger partial charge is 0.493 e. The van der Waals surface area contributed by atoms with Gasteiger partial charge in [-0.1, -0.05) is 6.08 Å². The predicted octanol–water partition coefficient (Wildman–Crippen LogP) is 3.29. The molecule has 5 atom stereocenters. The molecule has 0 aromatic heterocycles. The average Bonchev–Trinajstić information content (AvgIpc) is 3.46. The van der Waals surface area contributed by atoms with Crippen LogP contribution in [0.5, 0.6) is 28.7 Å². The van der Waals surface area contributed by atoms with Crippen molar-refractivity contribution in [3.8, 4) is 28.7 Å². The second-order valence-corrected chi connectivity index (χ2v) is 8.80. The summed E-state index contributed by atoms with van der Waals surface area (Å²) in [5, 5.41) is 0. The van der Waals surface area contributed by atoms with Gasteiger partial charge in [0.1, 0.15) is 12.2 Å². The summed E-state index contributed by atoms with van der Waals surface area (Å²) < 4.78 is 39.7. The van der Waals surface area contributed by atoms with Crippen LogP contribution in [0.3, 0.4) is 0 Å². The van der Waals surface area contributed by atoms with Crippen molar-refractivity contribution in [2.75, 3.05) is 28.1 Å². The van der Waals surface area contributed by atoms with Crippen molar-refractivity contribution in [3.63, 3.8) is 0 Å². The molecule has 2 aromatic carbocycles. The number of benzene rings is 2. The lowest BCUT2D eigenvalue weighted by atomic mass is 9.63. The van der Waals surface area contributed by atoms with Crippen LogP contribution in [0.15, 0.2) is 35.9 Å². The summed E-state index contributed by atoms with van der Waals surface area (Å²) in [4.78, 5) is 26.2. The van der Waals surface area contributed by atoms with Crippen LogP contribution in [0.1, 0.15) is 35.6 Å². The summed E-state index contributed by atoms with van der Waals surface area (Å²) in [6.07, 6.45) is 0.310. The molecular weight excluding hydrogens is 456 g/mol. The van der Waals surface area contributed by atoms with Crippen molar-refractivity contribution in [2.45, 2.75) is 25.0 Å². The summed E-state index contributed by atoms with van der Waals surface area (Å²) in [5.74, 6) is 0.213. The van der Waals surface area contributed by atoms with E-state index in [0.29, 0.717) is 34.3 Å². The van der Waals surface area contributed by atoms with Gasteiger partial charge in [-0.25, -0.2) is 4.79 Å². The summed E-state index contributed by atoms with van der Waals surface area (Å²) in [7, 11) is 4.63. The van der Waals surface area contributed by atoms with E-state index in [2.05, 4.69) is 0 Å². The molecule has 35 heavy (non-hydrogen) atoms. The van der Waals surface area contributed by atoms with Crippen molar-refractivity contribution in [1.29, 1.82) is 0 Å². The van der Waals surface area contributed by atoms with Crippen molar-refractivity contribution in [3.05, 3.63) is 52.6 Å². The van der Waals surface area contributed by atoms with Gasteiger partial charge in [0.2, 0.25) is 12.5 Å². The van der Waals surface area contributed by atoms with Crippen LogP contribution in [0.4, 0.5) is 0 Å². The number of carbonyl (C=O) groups is 2. The fourth-order valence-electron chi connectivity index (χ4n) is 5.89. The lowest BCUT2D eigenvalue weighted by Crippen LogP contribution is -2.44. The fraction of sp³-hybridized carbons (Fsp3) is 0.385. The van der Waals surface area contributed by atoms with Crippen LogP contribution < -0.4 is 23.7 Å². The lowest BCUT2D eigenvalue weighted by Gasteiger charge is -2.42. The molecule has 0 radical (unpaired) electrons. The van der Waals surface area contributed by atoms with Gasteiger partial charge in [0.15, 0.2) is 23.0 Å². The maximum absolute atomic E-state index is 13.4. The number of hydrogen-bond donors (Lipinski definition) is 0. The molecule has 5 unspecified atom stereocenters. The Bertz CT molecular complexity index is 1250. The zero-order chi connectivity index (χ0) is 24.4. The Labute approximate surface area is 201 Å². The molecule has 2 saturated heterocycles. The van der Waals surface area contributed by atoms with E-state index in [-0.39, 0.29) is 12.8 Å². The van der Waals surface area contributed by atoms with Gasteiger partial charge in [-0.2, -0.15) is 0 Å². The Hall–Kier alpha value is -3.88. The second kappa shape index (κ2) is 7.83. The van der Waals surface area contributed by atoms with Gasteiger partial charge in [0, 0.05) is 11.5 Å². The number of fused-ring (bicyclic) bond motifs is 3. The van der Waals surface area contributed by atoms with Gasteiger partial charge in [0.25, 0.3) is 0 Å². The van der Waals surface area contributed by atoms with Gasteiger partial charge in [-0.05, 0) is 42.3 Å². The molecule has 4 aliphatic rings. The van der Waals surface area contributed by atoms with E-state index in [9.17, 15) is 9.59 Å². The van der Waals surface area contributed by atoms with Crippen LogP contribution in [0.25, 0.3) is 0 Å². The van der Waals surface area contributed by atoms with E-state index in [1.54, 1.807) is 27.2 Å². The zero-order valence-corrected chi connectivity index (χ0v) is 19.7. The highest BCUT2D eigenvalue weighted by atomic mass is 16.7. The summed E-state index contributed by atoms with van der Waals surface area (Å²) in [5.41, 5.74) is 2.69. The van der Waals surface area contributed by atoms with Gasteiger partial charge in [-0.15, -0.1) is 0 Å². The Morgan fingerprint density at radius 2 is 1.51 bits per heavy atom. The fourth-order valence-corrected chi connectivity index (χ4v) is 5.89. The molecule has 2 aromatic rings. The van der Waals surface area contributed by atoms with E-state index in [4.69, 9.17) is 33.2 Å². The summed E-state index contributed by atoms with van der Waals surface area (Å²) in [6, 6.07) is 7.39. The van der Waals surface area contributed by atoms with Crippen LogP contribution in [0.2, 0.25) is 0 Å². The standard InChI is InChI=1S/C26H24O9/c1-5-12-22-21-20(26(28)35-22)19(11-6-17(29-2)24(31-4)18(7-11)30-3)13-8-15-16(33-10-32-15)9-14(13)23(21)34-25(12)27/h5-9,19-23H,10H2,1-4H3/b12-5-. The lowest BCUT2D eigenvalue weighted by molar-refractivity contribution is -0.158. The highest BCUT2D eigenvalue weighted by Crippen LogP contribution is 2.60. The topological polar surface area (TPSA) is 98.8 Å². The molecule has 0 spiro atoms. The molecule has 2 fully saturated rings. The minimum Gasteiger partial charge on any atom is -0.493 e. The Morgan fingerprint density at radius 1 is 0.857 bits per heavy atom. The van der Waals surface area contributed by atoms with Crippen LogP contribution in [0, 0.1) is 11.8 Å². The summed E-state index contributed by atoms with van der Waals surface area (Å²) >= 11 is 0. The number of ether oxygens (including phenoxy) is 7. The first kappa shape index (κ1) is 21.6. The van der Waals surface area contributed by atoms with E-state index in [0.717, 1.165) is 16.7 Å². The van der Waals surface area contributed by atoms with Gasteiger partial charge in [0.05, 0.1) is 38.7 Å². The monoisotopic (exact) mass is 480 g/mol. The minimum absolute atomic E-state index is 0.0950. The normalized spacial score (nSPS) is 28.7. The first-order chi connectivity index (χ1) is 17.0. The average molecular weight is 480 g/mol. The molecule has 1 aliphatic carbocycles. The van der Waals surface area contributed by atoms with E-state index in [1.807, 2.05) is 24.3 Å². The minimum atomic E-state index is -0.688. The van der Waals surface area contributed by atoms with Gasteiger partial charge < -0.3 is 33.2 Å². The molecule has 3 aliphatic heterocycles. The quantitative estimate of drug-likeness (QED) is 0.482. The third kappa shape index (κ3) is 2.93. The third-order valence-electron chi connectivity index (χ3n) is 7.34. The van der Waals surface area contributed by atoms with Crippen molar-refractivity contribution >= 4 is 11.9 Å². The predicted molar refractivity (Wildman–Crippen MR) is 120 cm³/mol. The number of hydrogen-bond acceptors (Lipinski definition) is 9. The second-order valence-electron chi connectivity index (χ2n) is 8.80. The number of rotatable bonds is 4. The highest BCUT2D eigenvalue weighted by Gasteiger charge is 2.62. The first-order valence-corrected chi connectivity index (χ1v) is 11.3. The SMILES string of the molecule is C/C=C1\C(=O)OC2c3cc4c(cc3C(c3cc(OC)c(OC)c(OC)c3)C3C(=O)OC1C23)OCO4. The van der Waals surface area contributed by atoms with E-state index >= 15 is 0 Å². The molecule has 0 saturated carbocycles. The molecule has 0 amide bonds. The molecule has 0 bridgehead atoms. The Kier molecular flexibility index (Phi) is 4.84. The molecule has 182 valence electrons. The highest BCUT2D eigenvalue weighted by molar-refractivity contribution is 5.93. The van der Waals surface area contributed by atoms with Gasteiger partial charge >= 0.3 is 11.9 Å². The molecule has 0 N–H and O–H groups in total. The summed E-state index contributed by atoms with van der Waals surface area (Å²) in [6.45, 7) is 1.83. The third-order valence-corrected chi connectivity index (χ3v) is 7.34. The Balaban J connectivity index is 1.61. The zero-order valence-electron chi connectivity index (χ0n) is 19.7. The van der Waals surface area contributed by atoms with Crippen LogP contribution in [-0.2, 0) is 19.1 Å². The molecular formula is C26H24O9. The number of carbonyl (C=O) groups excluding carboxylic acids is 2. The maximum atomic E-state index is 13.4. The van der Waals surface area contributed by atoms with Crippen LogP contribution >= 0.6 is 0 Å². The smallest absolute Gasteiger partial charge is 0.338 e. The Morgan fingerprint density at radius 3 is 2.11 bits per heavy atom. The number of allylic oxidation sites excluding steroid dienone is 1. The first-order valence-electron chi connectivity index (χ1n) is 11.3. The molecule has 6 rings (SSSR count). The number of esters is 2. The van der Waals surface area contributed by atoms with E-state index in [1.165, 1.54) is 7.11 Å². The molecule has 9 heteroatoms. The van der Waals surface area contributed by atoms with Crippen molar-refractivity contribution < 1.29 is 42.7 Å². The van der Waals surface area contributed by atoms with Gasteiger partial charge in [-0.3, -0.25) is 4.79 Å². The van der Waals surface area contributed by atoms with Crippen LogP contribution in [-0.4, -0.2) is 46.2 Å². The van der Waals surface area contributed by atoms with Crippen molar-refractivity contribution in [1.82, 2.24) is 0 Å².